The second-order valence-corrected chi connectivity index (χ2v) is 7.97. The molecule has 1 saturated heterocycles. The van der Waals surface area contributed by atoms with Gasteiger partial charge in [0.25, 0.3) is 5.56 Å². The van der Waals surface area contributed by atoms with Gasteiger partial charge in [-0.3, -0.25) is 19.0 Å². The van der Waals surface area contributed by atoms with Gasteiger partial charge in [0.05, 0.1) is 10.9 Å². The number of aromatic amines is 1. The summed E-state index contributed by atoms with van der Waals surface area (Å²) in [5, 5.41) is 0.366. The van der Waals surface area contributed by atoms with Crippen molar-refractivity contribution in [2.75, 3.05) is 26.2 Å². The highest BCUT2D eigenvalue weighted by atomic mass is 16.2. The first kappa shape index (κ1) is 21.5. The van der Waals surface area contributed by atoms with Gasteiger partial charge >= 0.3 is 5.69 Å². The maximum Gasteiger partial charge on any atom is 0.329 e. The molecule has 0 saturated carbocycles. The SMILES string of the molecule is O=C(CCCc1ccccc1)N1CCN(C(=O)Cn2c(=O)[nH]c3ccccc3c2=O)CC1. The maximum absolute atomic E-state index is 12.7. The number of benzene rings is 2. The number of hydrogen-bond donors (Lipinski definition) is 1. The lowest BCUT2D eigenvalue weighted by atomic mass is 10.1. The summed E-state index contributed by atoms with van der Waals surface area (Å²) in [4.78, 5) is 56.2. The molecule has 1 aliphatic rings. The first-order chi connectivity index (χ1) is 15.5. The first-order valence-corrected chi connectivity index (χ1v) is 10.8. The number of carbonyl (C=O) groups excluding carboxylic acids is 2. The predicted octanol–water partition coefficient (Wildman–Crippen LogP) is 1.38. The van der Waals surface area contributed by atoms with E-state index in [-0.39, 0.29) is 18.4 Å². The monoisotopic (exact) mass is 434 g/mol. The van der Waals surface area contributed by atoms with Crippen molar-refractivity contribution in [3.63, 3.8) is 0 Å². The van der Waals surface area contributed by atoms with Crippen LogP contribution in [0.3, 0.4) is 0 Å². The molecule has 32 heavy (non-hydrogen) atoms. The van der Waals surface area contributed by atoms with Crippen LogP contribution in [0.25, 0.3) is 10.9 Å². The van der Waals surface area contributed by atoms with Crippen LogP contribution in [-0.2, 0) is 22.6 Å². The molecule has 3 aromatic rings. The average Bonchev–Trinajstić information content (AvgIpc) is 2.82. The molecule has 166 valence electrons. The van der Waals surface area contributed by atoms with Gasteiger partial charge in [0.1, 0.15) is 6.54 Å². The van der Waals surface area contributed by atoms with Gasteiger partial charge in [0, 0.05) is 32.6 Å². The standard InChI is InChI=1S/C24H26N4O4/c29-21(12-6-9-18-7-2-1-3-8-18)26-13-15-27(16-14-26)22(30)17-28-23(31)19-10-4-5-11-20(19)25-24(28)32/h1-5,7-8,10-11H,6,9,12-17H2,(H,25,32). The lowest BCUT2D eigenvalue weighted by Crippen LogP contribution is -2.52. The van der Waals surface area contributed by atoms with Gasteiger partial charge in [-0.15, -0.1) is 0 Å². The fraction of sp³-hybridized carbons (Fsp3) is 0.333. The Bertz CT molecular complexity index is 1220. The van der Waals surface area contributed by atoms with E-state index in [4.69, 9.17) is 0 Å². The third-order valence-corrected chi connectivity index (χ3v) is 5.87. The van der Waals surface area contributed by atoms with Crippen molar-refractivity contribution in [1.82, 2.24) is 19.4 Å². The van der Waals surface area contributed by atoms with E-state index in [1.807, 2.05) is 18.2 Å². The number of aryl methyl sites for hydroxylation is 1. The normalized spacial score (nSPS) is 14.0. The number of aromatic nitrogens is 2. The number of fused-ring (bicyclic) bond motifs is 1. The Morgan fingerprint density at radius 1 is 0.812 bits per heavy atom. The molecule has 0 atom stereocenters. The molecule has 1 aliphatic heterocycles. The van der Waals surface area contributed by atoms with Gasteiger partial charge in [0.15, 0.2) is 0 Å². The highest BCUT2D eigenvalue weighted by Crippen LogP contribution is 2.09. The Morgan fingerprint density at radius 2 is 1.44 bits per heavy atom. The Morgan fingerprint density at radius 3 is 2.16 bits per heavy atom. The Labute approximate surface area is 185 Å². The Balaban J connectivity index is 1.30. The van der Waals surface area contributed by atoms with Gasteiger partial charge < -0.3 is 14.8 Å². The van der Waals surface area contributed by atoms with Crippen LogP contribution in [0.15, 0.2) is 64.2 Å². The summed E-state index contributed by atoms with van der Waals surface area (Å²) < 4.78 is 0.936. The quantitative estimate of drug-likeness (QED) is 0.634. The van der Waals surface area contributed by atoms with Gasteiger partial charge in [-0.2, -0.15) is 0 Å². The first-order valence-electron chi connectivity index (χ1n) is 10.8. The summed E-state index contributed by atoms with van der Waals surface area (Å²) >= 11 is 0. The van der Waals surface area contributed by atoms with Crippen LogP contribution in [0.5, 0.6) is 0 Å². The van der Waals surface area contributed by atoms with Crippen molar-refractivity contribution in [2.24, 2.45) is 0 Å². The average molecular weight is 434 g/mol. The van der Waals surface area contributed by atoms with E-state index in [9.17, 15) is 19.2 Å². The summed E-state index contributed by atoms with van der Waals surface area (Å²) in [5.41, 5.74) is 0.583. The minimum absolute atomic E-state index is 0.0928. The number of nitrogens with one attached hydrogen (secondary N) is 1. The fourth-order valence-electron chi connectivity index (χ4n) is 4.03. The number of rotatable bonds is 6. The molecule has 2 heterocycles. The molecule has 8 heteroatoms. The molecule has 2 aromatic carbocycles. The molecule has 0 aliphatic carbocycles. The number of nitrogens with zero attached hydrogens (tertiary/aromatic N) is 3. The largest absolute Gasteiger partial charge is 0.339 e. The van der Waals surface area contributed by atoms with Crippen LogP contribution in [0.4, 0.5) is 0 Å². The molecule has 4 rings (SSSR count). The summed E-state index contributed by atoms with van der Waals surface area (Å²) in [6.45, 7) is 1.38. The van der Waals surface area contributed by atoms with E-state index in [0.717, 1.165) is 17.4 Å². The summed E-state index contributed by atoms with van der Waals surface area (Å²) in [5.74, 6) is -0.209. The van der Waals surface area contributed by atoms with Crippen LogP contribution >= 0.6 is 0 Å². The zero-order valence-electron chi connectivity index (χ0n) is 17.8. The Kier molecular flexibility index (Phi) is 6.49. The summed E-state index contributed by atoms with van der Waals surface area (Å²) in [7, 11) is 0. The molecular weight excluding hydrogens is 408 g/mol. The third-order valence-electron chi connectivity index (χ3n) is 5.87. The van der Waals surface area contributed by atoms with Crippen molar-refractivity contribution in [3.05, 3.63) is 81.0 Å². The summed E-state index contributed by atoms with van der Waals surface area (Å²) in [6.07, 6.45) is 2.13. The van der Waals surface area contributed by atoms with Crippen molar-refractivity contribution < 1.29 is 9.59 Å². The lowest BCUT2D eigenvalue weighted by Gasteiger charge is -2.35. The molecule has 1 aromatic heterocycles. The second kappa shape index (κ2) is 9.64. The van der Waals surface area contributed by atoms with Gasteiger partial charge in [-0.05, 0) is 30.5 Å². The van der Waals surface area contributed by atoms with Crippen molar-refractivity contribution >= 4 is 22.7 Å². The van der Waals surface area contributed by atoms with Crippen molar-refractivity contribution in [2.45, 2.75) is 25.8 Å². The number of piperazine rings is 1. The molecule has 0 bridgehead atoms. The highest BCUT2D eigenvalue weighted by Gasteiger charge is 2.24. The topological polar surface area (TPSA) is 95.5 Å². The molecule has 0 unspecified atom stereocenters. The lowest BCUT2D eigenvalue weighted by molar-refractivity contribution is -0.140. The molecule has 1 fully saturated rings. The highest BCUT2D eigenvalue weighted by molar-refractivity contribution is 5.80. The van der Waals surface area contributed by atoms with Crippen LogP contribution in [-0.4, -0.2) is 57.3 Å². The fourth-order valence-corrected chi connectivity index (χ4v) is 4.03. The second-order valence-electron chi connectivity index (χ2n) is 7.97. The summed E-state index contributed by atoms with van der Waals surface area (Å²) in [6, 6.07) is 16.8. The predicted molar refractivity (Wildman–Crippen MR) is 121 cm³/mol. The molecule has 2 amide bonds. The minimum Gasteiger partial charge on any atom is -0.339 e. The van der Waals surface area contributed by atoms with Gasteiger partial charge in [-0.25, -0.2) is 4.79 Å². The van der Waals surface area contributed by atoms with Crippen LogP contribution in [0, 0.1) is 0 Å². The smallest absolute Gasteiger partial charge is 0.329 e. The molecule has 8 nitrogen and oxygen atoms in total. The van der Waals surface area contributed by atoms with E-state index in [1.165, 1.54) is 5.56 Å². The van der Waals surface area contributed by atoms with Crippen molar-refractivity contribution in [1.29, 1.82) is 0 Å². The molecular formula is C24H26N4O4. The van der Waals surface area contributed by atoms with E-state index in [2.05, 4.69) is 17.1 Å². The van der Waals surface area contributed by atoms with Gasteiger partial charge in [0.2, 0.25) is 11.8 Å². The third kappa shape index (κ3) is 4.80. The number of para-hydroxylation sites is 1. The Hall–Kier alpha value is -3.68. The van der Waals surface area contributed by atoms with Crippen LogP contribution in [0.1, 0.15) is 18.4 Å². The zero-order valence-corrected chi connectivity index (χ0v) is 17.8. The van der Waals surface area contributed by atoms with E-state index in [1.54, 1.807) is 34.1 Å². The molecule has 0 radical (unpaired) electrons. The van der Waals surface area contributed by atoms with E-state index < -0.39 is 11.2 Å². The van der Waals surface area contributed by atoms with Crippen LogP contribution < -0.4 is 11.2 Å². The number of carbonyl (C=O) groups is 2. The molecule has 1 N–H and O–H groups in total. The number of H-pyrrole nitrogens is 1. The number of hydrogen-bond acceptors (Lipinski definition) is 4. The zero-order chi connectivity index (χ0) is 22.5. The van der Waals surface area contributed by atoms with E-state index in [0.29, 0.717) is 43.5 Å². The number of amides is 2. The minimum atomic E-state index is -0.603. The van der Waals surface area contributed by atoms with Gasteiger partial charge in [-0.1, -0.05) is 42.5 Å². The van der Waals surface area contributed by atoms with Crippen molar-refractivity contribution in [3.8, 4) is 0 Å². The van der Waals surface area contributed by atoms with Crippen LogP contribution in [0.2, 0.25) is 0 Å². The molecule has 0 spiro atoms. The van der Waals surface area contributed by atoms with E-state index >= 15 is 0 Å². The maximum atomic E-state index is 12.7.